The first-order valence-electron chi connectivity index (χ1n) is 11.8. The largest absolute Gasteiger partial charge is 0.368 e. The maximum atomic E-state index is 13.2. The van der Waals surface area contributed by atoms with Crippen LogP contribution in [0.2, 0.25) is 0 Å². The number of carbonyl (C=O) groups excluding carboxylic acids is 1. The van der Waals surface area contributed by atoms with E-state index in [1.54, 1.807) is 0 Å². The third kappa shape index (κ3) is 4.99. The number of nitrogens with zero attached hydrogens (tertiary/aromatic N) is 4. The van der Waals surface area contributed by atoms with Crippen molar-refractivity contribution in [2.75, 3.05) is 67.5 Å². The molecule has 0 aliphatic carbocycles. The van der Waals surface area contributed by atoms with Gasteiger partial charge in [-0.05, 0) is 62.1 Å². The quantitative estimate of drug-likeness (QED) is 0.770. The second-order valence-corrected chi connectivity index (χ2v) is 8.94. The van der Waals surface area contributed by atoms with Gasteiger partial charge in [-0.2, -0.15) is 0 Å². The van der Waals surface area contributed by atoms with Gasteiger partial charge >= 0.3 is 6.03 Å². The fourth-order valence-electron chi connectivity index (χ4n) is 4.70. The highest BCUT2D eigenvalue weighted by atomic mass is 16.2. The Bertz CT molecular complexity index is 941. The molecule has 2 saturated heterocycles. The van der Waals surface area contributed by atoms with E-state index in [1.165, 1.54) is 22.4 Å². The molecule has 32 heavy (non-hydrogen) atoms. The predicted molar refractivity (Wildman–Crippen MR) is 132 cm³/mol. The molecular formula is C25H36N6O. The summed E-state index contributed by atoms with van der Waals surface area (Å²) in [5.74, 6) is 0.892. The van der Waals surface area contributed by atoms with E-state index in [0.29, 0.717) is 13.1 Å². The highest BCUT2D eigenvalue weighted by Gasteiger charge is 2.24. The molecule has 0 saturated carbocycles. The summed E-state index contributed by atoms with van der Waals surface area (Å²) in [6.07, 6.45) is 0.901. The summed E-state index contributed by atoms with van der Waals surface area (Å²) in [6.45, 7) is 15.2. The molecule has 0 spiro atoms. The van der Waals surface area contributed by atoms with Gasteiger partial charge in [-0.15, -0.1) is 0 Å². The monoisotopic (exact) mass is 436 g/mol. The fraction of sp³-hybridized carbons (Fsp3) is 0.520. The molecule has 1 aromatic carbocycles. The molecule has 0 bridgehead atoms. The first kappa shape index (κ1) is 22.4. The minimum absolute atomic E-state index is 0.0332. The highest BCUT2D eigenvalue weighted by molar-refractivity contribution is 5.93. The van der Waals surface area contributed by atoms with Crippen molar-refractivity contribution in [3.8, 4) is 0 Å². The van der Waals surface area contributed by atoms with Crippen molar-refractivity contribution in [2.45, 2.75) is 34.1 Å². The van der Waals surface area contributed by atoms with Gasteiger partial charge < -0.3 is 25.3 Å². The molecule has 0 radical (unpaired) electrons. The maximum absolute atomic E-state index is 13.2. The van der Waals surface area contributed by atoms with Gasteiger partial charge in [-0.3, -0.25) is 0 Å². The van der Waals surface area contributed by atoms with Gasteiger partial charge in [0.25, 0.3) is 0 Å². The summed E-state index contributed by atoms with van der Waals surface area (Å²) < 4.78 is 0. The van der Waals surface area contributed by atoms with E-state index >= 15 is 0 Å². The van der Waals surface area contributed by atoms with Crippen LogP contribution in [0, 0.1) is 20.8 Å². The summed E-state index contributed by atoms with van der Waals surface area (Å²) in [7, 11) is 0. The van der Waals surface area contributed by atoms with Gasteiger partial charge in [0, 0.05) is 63.7 Å². The molecule has 172 valence electrons. The van der Waals surface area contributed by atoms with Crippen LogP contribution in [0.25, 0.3) is 0 Å². The van der Waals surface area contributed by atoms with E-state index in [4.69, 9.17) is 4.98 Å². The molecule has 3 heterocycles. The lowest BCUT2D eigenvalue weighted by Crippen LogP contribution is -2.50. The van der Waals surface area contributed by atoms with Crippen LogP contribution in [0.4, 0.5) is 22.0 Å². The molecule has 4 rings (SSSR count). The third-order valence-electron chi connectivity index (χ3n) is 6.48. The van der Waals surface area contributed by atoms with E-state index in [0.717, 1.165) is 62.9 Å². The fourth-order valence-corrected chi connectivity index (χ4v) is 4.70. The predicted octanol–water partition coefficient (Wildman–Crippen LogP) is 3.33. The summed E-state index contributed by atoms with van der Waals surface area (Å²) >= 11 is 0. The molecule has 0 atom stereocenters. The maximum Gasteiger partial charge on any atom is 0.322 e. The molecule has 1 aromatic heterocycles. The summed E-state index contributed by atoms with van der Waals surface area (Å²) in [5, 5.41) is 6.58. The van der Waals surface area contributed by atoms with Gasteiger partial charge in [0.05, 0.1) is 5.69 Å². The third-order valence-corrected chi connectivity index (χ3v) is 6.48. The number of carbonyl (C=O) groups is 1. The van der Waals surface area contributed by atoms with Crippen molar-refractivity contribution in [1.82, 2.24) is 15.2 Å². The smallest absolute Gasteiger partial charge is 0.322 e. The average Bonchev–Trinajstić information content (AvgIpc) is 2.80. The second-order valence-electron chi connectivity index (χ2n) is 8.94. The van der Waals surface area contributed by atoms with Crippen LogP contribution in [-0.4, -0.2) is 68.3 Å². The normalized spacial score (nSPS) is 16.9. The number of piperazine rings is 2. The van der Waals surface area contributed by atoms with Crippen molar-refractivity contribution in [2.24, 2.45) is 0 Å². The van der Waals surface area contributed by atoms with Crippen LogP contribution < -0.4 is 20.4 Å². The van der Waals surface area contributed by atoms with E-state index in [9.17, 15) is 4.79 Å². The minimum atomic E-state index is -0.0332. The van der Waals surface area contributed by atoms with Gasteiger partial charge in [-0.1, -0.05) is 13.0 Å². The standard InChI is InChI=1S/C25H36N6O/c1-5-21-17-23(24(27-20(21)4)30-8-6-26-7-9-30)28-25(32)31-12-10-29(11-13-31)22-15-18(2)14-19(3)16-22/h14-17,26H,5-13H2,1-4H3,(H,28,32). The van der Waals surface area contributed by atoms with Crippen LogP contribution in [0.1, 0.15) is 29.3 Å². The summed E-state index contributed by atoms with van der Waals surface area (Å²) in [4.78, 5) is 24.6. The molecule has 7 nitrogen and oxygen atoms in total. The Morgan fingerprint density at radius 3 is 2.22 bits per heavy atom. The lowest BCUT2D eigenvalue weighted by atomic mass is 10.1. The zero-order chi connectivity index (χ0) is 22.7. The van der Waals surface area contributed by atoms with Crippen LogP contribution in [0.3, 0.4) is 0 Å². The highest BCUT2D eigenvalue weighted by Crippen LogP contribution is 2.28. The Morgan fingerprint density at radius 2 is 1.59 bits per heavy atom. The first-order chi connectivity index (χ1) is 15.4. The number of hydrogen-bond acceptors (Lipinski definition) is 5. The van der Waals surface area contributed by atoms with Gasteiger partial charge in [0.1, 0.15) is 0 Å². The lowest BCUT2D eigenvalue weighted by Gasteiger charge is -2.37. The molecule has 0 unspecified atom stereocenters. The van der Waals surface area contributed by atoms with E-state index in [1.807, 2.05) is 4.90 Å². The van der Waals surface area contributed by atoms with Gasteiger partial charge in [0.15, 0.2) is 5.82 Å². The van der Waals surface area contributed by atoms with Gasteiger partial charge in [-0.25, -0.2) is 9.78 Å². The van der Waals surface area contributed by atoms with Crippen LogP contribution in [0.5, 0.6) is 0 Å². The van der Waals surface area contributed by atoms with Crippen molar-refractivity contribution in [3.05, 3.63) is 46.6 Å². The Morgan fingerprint density at radius 1 is 0.938 bits per heavy atom. The van der Waals surface area contributed by atoms with Gasteiger partial charge in [0.2, 0.25) is 0 Å². The van der Waals surface area contributed by atoms with Crippen molar-refractivity contribution in [3.63, 3.8) is 0 Å². The van der Waals surface area contributed by atoms with Crippen LogP contribution in [-0.2, 0) is 6.42 Å². The van der Waals surface area contributed by atoms with Crippen LogP contribution >= 0.6 is 0 Å². The Hall–Kier alpha value is -2.80. The molecule has 2 aliphatic heterocycles. The number of pyridine rings is 1. The zero-order valence-electron chi connectivity index (χ0n) is 19.9. The first-order valence-corrected chi connectivity index (χ1v) is 11.8. The minimum Gasteiger partial charge on any atom is -0.368 e. The van der Waals surface area contributed by atoms with E-state index < -0.39 is 0 Å². The summed E-state index contributed by atoms with van der Waals surface area (Å²) in [6, 6.07) is 8.74. The van der Waals surface area contributed by atoms with Crippen molar-refractivity contribution in [1.29, 1.82) is 0 Å². The number of benzene rings is 1. The number of hydrogen-bond donors (Lipinski definition) is 2. The Kier molecular flexibility index (Phi) is 6.84. The Balaban J connectivity index is 1.45. The zero-order valence-corrected chi connectivity index (χ0v) is 19.9. The second kappa shape index (κ2) is 9.77. The van der Waals surface area contributed by atoms with Crippen molar-refractivity contribution < 1.29 is 4.79 Å². The van der Waals surface area contributed by atoms with E-state index in [-0.39, 0.29) is 6.03 Å². The van der Waals surface area contributed by atoms with Crippen LogP contribution in [0.15, 0.2) is 24.3 Å². The topological polar surface area (TPSA) is 63.7 Å². The number of anilines is 3. The molecule has 2 amide bonds. The lowest BCUT2D eigenvalue weighted by molar-refractivity contribution is 0.208. The number of nitrogens with one attached hydrogen (secondary N) is 2. The number of aromatic nitrogens is 1. The molecule has 2 aromatic rings. The summed E-state index contributed by atoms with van der Waals surface area (Å²) in [5.41, 5.74) is 6.85. The molecular weight excluding hydrogens is 400 g/mol. The SMILES string of the molecule is CCc1cc(NC(=O)N2CCN(c3cc(C)cc(C)c3)CC2)c(N2CCNCC2)nc1C. The molecule has 2 fully saturated rings. The number of amides is 2. The Labute approximate surface area is 191 Å². The number of aryl methyl sites for hydroxylation is 4. The average molecular weight is 437 g/mol. The van der Waals surface area contributed by atoms with E-state index in [2.05, 4.69) is 72.4 Å². The molecule has 2 N–H and O–H groups in total. The van der Waals surface area contributed by atoms with Crippen molar-refractivity contribution >= 4 is 23.2 Å². The number of rotatable bonds is 4. The molecule has 2 aliphatic rings. The number of urea groups is 1. The molecule has 7 heteroatoms.